The largest absolute Gasteiger partial charge is 0.376 e. The molecule has 1 saturated heterocycles. The maximum atomic E-state index is 5.85. The smallest absolute Gasteiger partial charge is 0.0809 e. The van der Waals surface area contributed by atoms with Crippen LogP contribution in [0.3, 0.4) is 0 Å². The molecule has 0 aromatic carbocycles. The molecule has 0 amide bonds. The summed E-state index contributed by atoms with van der Waals surface area (Å²) in [5, 5.41) is 3.31. The van der Waals surface area contributed by atoms with Gasteiger partial charge in [0.25, 0.3) is 0 Å². The van der Waals surface area contributed by atoms with Crippen LogP contribution < -0.4 is 5.32 Å². The van der Waals surface area contributed by atoms with Crippen LogP contribution in [0, 0.1) is 0 Å². The topological polar surface area (TPSA) is 30.5 Å². The van der Waals surface area contributed by atoms with Crippen LogP contribution in [0.15, 0.2) is 0 Å². The van der Waals surface area contributed by atoms with E-state index < -0.39 is 0 Å². The molecule has 1 heterocycles. The van der Waals surface area contributed by atoms with E-state index >= 15 is 0 Å². The van der Waals surface area contributed by atoms with Crippen molar-refractivity contribution in [2.24, 2.45) is 0 Å². The van der Waals surface area contributed by atoms with Crippen LogP contribution in [0.5, 0.6) is 0 Å². The first kappa shape index (κ1) is 10.4. The Kier molecular flexibility index (Phi) is 3.79. The normalized spacial score (nSPS) is 37.9. The maximum Gasteiger partial charge on any atom is 0.0809 e. The molecule has 1 aliphatic heterocycles. The van der Waals surface area contributed by atoms with E-state index in [4.69, 9.17) is 9.47 Å². The quantitative estimate of drug-likeness (QED) is 0.741. The molecule has 1 aliphatic carbocycles. The Morgan fingerprint density at radius 1 is 1.36 bits per heavy atom. The van der Waals surface area contributed by atoms with Gasteiger partial charge < -0.3 is 14.8 Å². The fraction of sp³-hybridized carbons (Fsp3) is 1.00. The summed E-state index contributed by atoms with van der Waals surface area (Å²) in [5.41, 5.74) is 0. The Morgan fingerprint density at radius 3 is 2.93 bits per heavy atom. The highest BCUT2D eigenvalue weighted by atomic mass is 16.5. The maximum absolute atomic E-state index is 5.85. The molecule has 82 valence electrons. The third-order valence-electron chi connectivity index (χ3n) is 3.33. The minimum absolute atomic E-state index is 0.378. The van der Waals surface area contributed by atoms with Crippen molar-refractivity contribution in [3.05, 3.63) is 0 Å². The Bertz CT molecular complexity index is 169. The van der Waals surface area contributed by atoms with Crippen molar-refractivity contribution in [1.29, 1.82) is 0 Å². The first-order valence-corrected chi connectivity index (χ1v) is 5.79. The Morgan fingerprint density at radius 2 is 2.29 bits per heavy atom. The lowest BCUT2D eigenvalue weighted by atomic mass is 10.2. The van der Waals surface area contributed by atoms with Crippen molar-refractivity contribution in [2.75, 3.05) is 20.3 Å². The van der Waals surface area contributed by atoms with Gasteiger partial charge in [-0.15, -0.1) is 0 Å². The monoisotopic (exact) mass is 199 g/mol. The van der Waals surface area contributed by atoms with Gasteiger partial charge >= 0.3 is 0 Å². The van der Waals surface area contributed by atoms with Crippen LogP contribution in [0.2, 0.25) is 0 Å². The second-order valence-corrected chi connectivity index (χ2v) is 4.39. The number of ether oxygens (including phenoxy) is 2. The highest BCUT2D eigenvalue weighted by molar-refractivity contribution is 4.80. The van der Waals surface area contributed by atoms with E-state index in [2.05, 4.69) is 5.32 Å². The Hall–Kier alpha value is -0.120. The van der Waals surface area contributed by atoms with Gasteiger partial charge in [-0.1, -0.05) is 0 Å². The molecule has 3 unspecified atom stereocenters. The average molecular weight is 199 g/mol. The highest BCUT2D eigenvalue weighted by Gasteiger charge is 2.25. The molecule has 0 aromatic rings. The summed E-state index contributed by atoms with van der Waals surface area (Å²) in [6.45, 7) is 1.74. The zero-order valence-corrected chi connectivity index (χ0v) is 9.00. The zero-order valence-electron chi connectivity index (χ0n) is 9.00. The summed E-state index contributed by atoms with van der Waals surface area (Å²) in [6.07, 6.45) is 6.87. The Labute approximate surface area is 86.2 Å². The standard InChI is InChI=1S/C11H21NO2/c1-12-9-4-5-10(7-9)14-8-11-3-2-6-13-11/h9-12H,2-8H2,1H3. The van der Waals surface area contributed by atoms with Crippen LogP contribution >= 0.6 is 0 Å². The molecule has 0 radical (unpaired) electrons. The van der Waals surface area contributed by atoms with Crippen LogP contribution in [-0.2, 0) is 9.47 Å². The molecule has 1 N–H and O–H groups in total. The van der Waals surface area contributed by atoms with Crippen LogP contribution in [0.25, 0.3) is 0 Å². The summed E-state index contributed by atoms with van der Waals surface area (Å²) in [5.74, 6) is 0. The van der Waals surface area contributed by atoms with Gasteiger partial charge in [-0.3, -0.25) is 0 Å². The lowest BCUT2D eigenvalue weighted by molar-refractivity contribution is -0.0182. The lowest BCUT2D eigenvalue weighted by Gasteiger charge is -2.15. The minimum atomic E-state index is 0.378. The third-order valence-corrected chi connectivity index (χ3v) is 3.33. The summed E-state index contributed by atoms with van der Waals surface area (Å²) in [6, 6.07) is 0.671. The summed E-state index contributed by atoms with van der Waals surface area (Å²) in [7, 11) is 2.03. The van der Waals surface area contributed by atoms with Crippen molar-refractivity contribution in [1.82, 2.24) is 5.32 Å². The first-order chi connectivity index (χ1) is 6.88. The predicted octanol–water partition coefficient (Wildman–Crippen LogP) is 1.32. The molecule has 3 heteroatoms. The molecule has 3 nitrogen and oxygen atoms in total. The molecule has 0 spiro atoms. The van der Waals surface area contributed by atoms with Gasteiger partial charge in [0.05, 0.1) is 18.8 Å². The second kappa shape index (κ2) is 5.10. The van der Waals surface area contributed by atoms with Crippen LogP contribution in [0.4, 0.5) is 0 Å². The fourth-order valence-corrected chi connectivity index (χ4v) is 2.37. The van der Waals surface area contributed by atoms with E-state index in [1.165, 1.54) is 32.1 Å². The van der Waals surface area contributed by atoms with Gasteiger partial charge in [0.2, 0.25) is 0 Å². The van der Waals surface area contributed by atoms with Crippen molar-refractivity contribution < 1.29 is 9.47 Å². The van der Waals surface area contributed by atoms with Gasteiger partial charge in [0.15, 0.2) is 0 Å². The van der Waals surface area contributed by atoms with E-state index in [9.17, 15) is 0 Å². The van der Waals surface area contributed by atoms with Gasteiger partial charge in [-0.05, 0) is 39.2 Å². The van der Waals surface area contributed by atoms with E-state index in [-0.39, 0.29) is 0 Å². The van der Waals surface area contributed by atoms with Gasteiger partial charge in [0.1, 0.15) is 0 Å². The molecule has 2 aliphatic rings. The van der Waals surface area contributed by atoms with Gasteiger partial charge in [-0.2, -0.15) is 0 Å². The Balaban J connectivity index is 1.61. The molecule has 14 heavy (non-hydrogen) atoms. The van der Waals surface area contributed by atoms with E-state index in [0.717, 1.165) is 13.2 Å². The molecule has 1 saturated carbocycles. The van der Waals surface area contributed by atoms with Crippen molar-refractivity contribution >= 4 is 0 Å². The molecule has 2 rings (SSSR count). The molecule has 3 atom stereocenters. The van der Waals surface area contributed by atoms with E-state index in [1.54, 1.807) is 0 Å². The average Bonchev–Trinajstić information content (AvgIpc) is 2.86. The number of rotatable bonds is 4. The van der Waals surface area contributed by atoms with Crippen molar-refractivity contribution in [3.63, 3.8) is 0 Å². The SMILES string of the molecule is CNC1CCC(OCC2CCCO2)C1. The summed E-state index contributed by atoms with van der Waals surface area (Å²) in [4.78, 5) is 0. The third kappa shape index (κ3) is 2.69. The highest BCUT2D eigenvalue weighted by Crippen LogP contribution is 2.23. The first-order valence-electron chi connectivity index (χ1n) is 5.79. The molecule has 0 bridgehead atoms. The van der Waals surface area contributed by atoms with E-state index in [0.29, 0.717) is 18.2 Å². The predicted molar refractivity (Wildman–Crippen MR) is 55.4 cm³/mol. The molecule has 0 aromatic heterocycles. The zero-order chi connectivity index (χ0) is 9.80. The second-order valence-electron chi connectivity index (χ2n) is 4.39. The number of hydrogen-bond donors (Lipinski definition) is 1. The molecule has 2 fully saturated rings. The van der Waals surface area contributed by atoms with Crippen LogP contribution in [-0.4, -0.2) is 38.5 Å². The fourth-order valence-electron chi connectivity index (χ4n) is 2.37. The van der Waals surface area contributed by atoms with E-state index in [1.807, 2.05) is 7.05 Å². The number of hydrogen-bond acceptors (Lipinski definition) is 3. The van der Waals surface area contributed by atoms with Crippen LogP contribution in [0.1, 0.15) is 32.1 Å². The van der Waals surface area contributed by atoms with Gasteiger partial charge in [0, 0.05) is 12.6 Å². The summed E-state index contributed by atoms with van der Waals surface area (Å²) >= 11 is 0. The molecular formula is C11H21NO2. The number of nitrogens with one attached hydrogen (secondary N) is 1. The lowest BCUT2D eigenvalue weighted by Crippen LogP contribution is -2.24. The summed E-state index contributed by atoms with van der Waals surface area (Å²) < 4.78 is 11.4. The van der Waals surface area contributed by atoms with Crippen molar-refractivity contribution in [3.8, 4) is 0 Å². The van der Waals surface area contributed by atoms with Crippen molar-refractivity contribution in [2.45, 2.75) is 50.4 Å². The molecular weight excluding hydrogens is 178 g/mol. The minimum Gasteiger partial charge on any atom is -0.376 e. The van der Waals surface area contributed by atoms with Gasteiger partial charge in [-0.25, -0.2) is 0 Å².